The van der Waals surface area contributed by atoms with Crippen molar-refractivity contribution in [1.82, 2.24) is 9.78 Å². The molecule has 0 amide bonds. The standard InChI is InChI=1S/C15H19ClN4S/c1-20-15(18-13-8-6-12(17)7-9-13)21-14(19-20)10-2-4-11(16)5-3-10/h2-5,12-13H,6-9,17H2,1H3. The largest absolute Gasteiger partial charge is 0.328 e. The van der Waals surface area contributed by atoms with E-state index in [2.05, 4.69) is 5.10 Å². The van der Waals surface area contributed by atoms with Gasteiger partial charge in [-0.3, -0.25) is 4.99 Å². The summed E-state index contributed by atoms with van der Waals surface area (Å²) in [5, 5.41) is 6.28. The van der Waals surface area contributed by atoms with Crippen LogP contribution in [0.3, 0.4) is 0 Å². The lowest BCUT2D eigenvalue weighted by Crippen LogP contribution is -2.29. The Balaban J connectivity index is 1.85. The fourth-order valence-electron chi connectivity index (χ4n) is 2.56. The summed E-state index contributed by atoms with van der Waals surface area (Å²) in [5.74, 6) is 0. The maximum atomic E-state index is 5.95. The SMILES string of the molecule is Cn1nc(-c2ccc(Cl)cc2)sc1=NC1CCC(N)CC1. The van der Waals surface area contributed by atoms with Crippen LogP contribution in [0.1, 0.15) is 25.7 Å². The smallest absolute Gasteiger partial charge is 0.203 e. The van der Waals surface area contributed by atoms with E-state index in [0.29, 0.717) is 12.1 Å². The Morgan fingerprint density at radius 2 is 1.90 bits per heavy atom. The highest BCUT2D eigenvalue weighted by Gasteiger charge is 2.18. The third kappa shape index (κ3) is 3.54. The molecular formula is C15H19ClN4S. The van der Waals surface area contributed by atoms with E-state index in [4.69, 9.17) is 22.3 Å². The molecule has 1 aliphatic carbocycles. The molecule has 1 aromatic heterocycles. The van der Waals surface area contributed by atoms with Crippen LogP contribution in [0.4, 0.5) is 0 Å². The van der Waals surface area contributed by atoms with Crippen LogP contribution in [0.25, 0.3) is 10.6 Å². The Hall–Kier alpha value is -1.17. The van der Waals surface area contributed by atoms with E-state index in [1.165, 1.54) is 0 Å². The van der Waals surface area contributed by atoms with E-state index in [0.717, 1.165) is 46.1 Å². The van der Waals surface area contributed by atoms with Crippen molar-refractivity contribution < 1.29 is 0 Å². The van der Waals surface area contributed by atoms with Crippen LogP contribution >= 0.6 is 22.9 Å². The first kappa shape index (κ1) is 14.8. The summed E-state index contributed by atoms with van der Waals surface area (Å²) < 4.78 is 1.86. The van der Waals surface area contributed by atoms with Gasteiger partial charge < -0.3 is 5.73 Å². The molecule has 21 heavy (non-hydrogen) atoms. The van der Waals surface area contributed by atoms with Crippen molar-refractivity contribution in [3.8, 4) is 10.6 Å². The predicted molar refractivity (Wildman–Crippen MR) is 87.3 cm³/mol. The molecule has 0 aliphatic heterocycles. The van der Waals surface area contributed by atoms with Gasteiger partial charge >= 0.3 is 0 Å². The van der Waals surface area contributed by atoms with Crippen LogP contribution in [0.15, 0.2) is 29.3 Å². The third-order valence-corrected chi connectivity index (χ3v) is 5.15. The molecule has 3 rings (SSSR count). The highest BCUT2D eigenvalue weighted by Crippen LogP contribution is 2.22. The minimum absolute atomic E-state index is 0.358. The van der Waals surface area contributed by atoms with E-state index in [-0.39, 0.29) is 0 Å². The fourth-order valence-corrected chi connectivity index (χ4v) is 3.65. The molecule has 0 atom stereocenters. The number of rotatable bonds is 2. The zero-order chi connectivity index (χ0) is 14.8. The zero-order valence-corrected chi connectivity index (χ0v) is 13.6. The van der Waals surface area contributed by atoms with E-state index in [1.807, 2.05) is 36.0 Å². The van der Waals surface area contributed by atoms with Gasteiger partial charge in [0.05, 0.1) is 6.04 Å². The average Bonchev–Trinajstić information content (AvgIpc) is 2.83. The second-order valence-corrected chi connectivity index (χ2v) is 6.91. The Labute approximate surface area is 133 Å². The summed E-state index contributed by atoms with van der Waals surface area (Å²) in [5.41, 5.74) is 7.02. The van der Waals surface area contributed by atoms with Gasteiger partial charge in [-0.05, 0) is 37.8 Å². The monoisotopic (exact) mass is 322 g/mol. The van der Waals surface area contributed by atoms with Crippen molar-refractivity contribution in [2.75, 3.05) is 0 Å². The molecule has 1 aliphatic rings. The lowest BCUT2D eigenvalue weighted by atomic mass is 9.92. The summed E-state index contributed by atoms with van der Waals surface area (Å²) in [6, 6.07) is 8.50. The van der Waals surface area contributed by atoms with Gasteiger partial charge in [-0.2, -0.15) is 5.10 Å². The molecule has 2 aromatic rings. The molecule has 0 spiro atoms. The molecular weight excluding hydrogens is 304 g/mol. The maximum absolute atomic E-state index is 5.95. The molecule has 1 fully saturated rings. The summed E-state index contributed by atoms with van der Waals surface area (Å²) >= 11 is 7.55. The number of nitrogens with zero attached hydrogens (tertiary/aromatic N) is 3. The molecule has 4 nitrogen and oxygen atoms in total. The zero-order valence-electron chi connectivity index (χ0n) is 12.0. The topological polar surface area (TPSA) is 56.2 Å². The normalized spacial score (nSPS) is 23.5. The molecule has 1 saturated carbocycles. The first-order valence-corrected chi connectivity index (χ1v) is 8.41. The van der Waals surface area contributed by atoms with Crippen molar-refractivity contribution in [3.05, 3.63) is 34.1 Å². The van der Waals surface area contributed by atoms with Crippen LogP contribution in [-0.4, -0.2) is 21.9 Å². The lowest BCUT2D eigenvalue weighted by molar-refractivity contribution is 0.390. The Kier molecular flexibility index (Phi) is 4.42. The van der Waals surface area contributed by atoms with Gasteiger partial charge in [-0.15, -0.1) is 0 Å². The molecule has 1 aromatic carbocycles. The van der Waals surface area contributed by atoms with Gasteiger partial charge in [0.25, 0.3) is 0 Å². The second kappa shape index (κ2) is 6.30. The van der Waals surface area contributed by atoms with E-state index >= 15 is 0 Å². The van der Waals surface area contributed by atoms with Crippen molar-refractivity contribution in [3.63, 3.8) is 0 Å². The molecule has 2 N–H and O–H groups in total. The van der Waals surface area contributed by atoms with Crippen LogP contribution < -0.4 is 10.5 Å². The summed E-state index contributed by atoms with van der Waals surface area (Å²) in [6.45, 7) is 0. The van der Waals surface area contributed by atoms with Crippen molar-refractivity contribution in [1.29, 1.82) is 0 Å². The van der Waals surface area contributed by atoms with Crippen LogP contribution in [0.5, 0.6) is 0 Å². The molecule has 0 bridgehead atoms. The number of nitrogens with two attached hydrogens (primary N) is 1. The quantitative estimate of drug-likeness (QED) is 0.924. The Morgan fingerprint density at radius 3 is 2.57 bits per heavy atom. The van der Waals surface area contributed by atoms with Gasteiger partial charge in [0.1, 0.15) is 5.01 Å². The third-order valence-electron chi connectivity index (χ3n) is 3.83. The van der Waals surface area contributed by atoms with Gasteiger partial charge in [0, 0.05) is 23.7 Å². The second-order valence-electron chi connectivity index (χ2n) is 5.52. The Morgan fingerprint density at radius 1 is 1.24 bits per heavy atom. The molecule has 112 valence electrons. The van der Waals surface area contributed by atoms with Crippen molar-refractivity contribution in [2.24, 2.45) is 17.8 Å². The van der Waals surface area contributed by atoms with Crippen LogP contribution in [-0.2, 0) is 7.05 Å². The van der Waals surface area contributed by atoms with Crippen LogP contribution in [0, 0.1) is 0 Å². The maximum Gasteiger partial charge on any atom is 0.203 e. The molecule has 0 unspecified atom stereocenters. The van der Waals surface area contributed by atoms with Crippen molar-refractivity contribution >= 4 is 22.9 Å². The van der Waals surface area contributed by atoms with Crippen LogP contribution in [0.2, 0.25) is 5.02 Å². The summed E-state index contributed by atoms with van der Waals surface area (Å²) in [4.78, 5) is 5.83. The number of aromatic nitrogens is 2. The number of hydrogen-bond acceptors (Lipinski definition) is 4. The number of aryl methyl sites for hydroxylation is 1. The van der Waals surface area contributed by atoms with E-state index in [9.17, 15) is 0 Å². The first-order valence-electron chi connectivity index (χ1n) is 7.21. The van der Waals surface area contributed by atoms with Gasteiger partial charge in [-0.1, -0.05) is 35.1 Å². The molecule has 1 heterocycles. The highest BCUT2D eigenvalue weighted by atomic mass is 35.5. The van der Waals surface area contributed by atoms with Gasteiger partial charge in [0.2, 0.25) is 4.80 Å². The lowest BCUT2D eigenvalue weighted by Gasteiger charge is -2.22. The molecule has 6 heteroatoms. The number of benzene rings is 1. The number of halogens is 1. The van der Waals surface area contributed by atoms with E-state index in [1.54, 1.807) is 11.3 Å². The summed E-state index contributed by atoms with van der Waals surface area (Å²) in [7, 11) is 1.95. The Bertz CT molecular complexity index is 666. The minimum Gasteiger partial charge on any atom is -0.328 e. The summed E-state index contributed by atoms with van der Waals surface area (Å²) in [6.07, 6.45) is 4.30. The number of hydrogen-bond donors (Lipinski definition) is 1. The molecule has 0 radical (unpaired) electrons. The van der Waals surface area contributed by atoms with Gasteiger partial charge in [0.15, 0.2) is 0 Å². The molecule has 0 saturated heterocycles. The average molecular weight is 323 g/mol. The fraction of sp³-hybridized carbons (Fsp3) is 0.467. The first-order chi connectivity index (χ1) is 10.1. The minimum atomic E-state index is 0.358. The van der Waals surface area contributed by atoms with Crippen molar-refractivity contribution in [2.45, 2.75) is 37.8 Å². The van der Waals surface area contributed by atoms with Gasteiger partial charge in [-0.25, -0.2) is 4.68 Å². The predicted octanol–water partition coefficient (Wildman–Crippen LogP) is 2.97. The highest BCUT2D eigenvalue weighted by molar-refractivity contribution is 7.12. The van der Waals surface area contributed by atoms with E-state index < -0.39 is 0 Å².